The highest BCUT2D eigenvalue weighted by atomic mass is 32.1. The Labute approximate surface area is 130 Å². The molecular formula is C15H13F3N2OS. The van der Waals surface area contributed by atoms with E-state index in [1.807, 2.05) is 0 Å². The van der Waals surface area contributed by atoms with Crippen LogP contribution >= 0.6 is 12.2 Å². The van der Waals surface area contributed by atoms with Gasteiger partial charge in [0.2, 0.25) is 0 Å². The predicted octanol–water partition coefficient (Wildman–Crippen LogP) is 4.04. The zero-order chi connectivity index (χ0) is 16.3. The van der Waals surface area contributed by atoms with Crippen LogP contribution in [0.25, 0.3) is 0 Å². The Kier molecular flexibility index (Phi) is 4.65. The Morgan fingerprint density at radius 2 is 1.82 bits per heavy atom. The Morgan fingerprint density at radius 1 is 1.18 bits per heavy atom. The highest BCUT2D eigenvalue weighted by molar-refractivity contribution is 7.71. The second-order valence-electron chi connectivity index (χ2n) is 4.80. The van der Waals surface area contributed by atoms with E-state index in [2.05, 4.69) is 4.98 Å². The molecule has 1 aromatic carbocycles. The van der Waals surface area contributed by atoms with E-state index in [0.717, 1.165) is 12.1 Å². The van der Waals surface area contributed by atoms with E-state index in [9.17, 15) is 18.0 Å². The average Bonchev–Trinajstić information content (AvgIpc) is 2.47. The van der Waals surface area contributed by atoms with Crippen LogP contribution in [0.1, 0.15) is 21.5 Å². The monoisotopic (exact) mass is 326 g/mol. The normalized spacial score (nSPS) is 11.3. The fourth-order valence-electron chi connectivity index (χ4n) is 1.91. The summed E-state index contributed by atoms with van der Waals surface area (Å²) in [5.74, 6) is -0.244. The van der Waals surface area contributed by atoms with E-state index >= 15 is 0 Å². The van der Waals surface area contributed by atoms with Crippen molar-refractivity contribution in [3.63, 3.8) is 0 Å². The number of nitrogens with one attached hydrogen (secondary N) is 1. The maximum absolute atomic E-state index is 12.5. The lowest BCUT2D eigenvalue weighted by Crippen LogP contribution is -2.26. The lowest BCUT2D eigenvalue weighted by Gasteiger charge is -2.17. The number of aromatic nitrogens is 1. The number of H-pyrrole nitrogens is 1. The van der Waals surface area contributed by atoms with Crippen LogP contribution in [-0.2, 0) is 12.7 Å². The molecule has 0 atom stereocenters. The molecule has 116 valence electrons. The number of amides is 1. The molecule has 7 heteroatoms. The van der Waals surface area contributed by atoms with Gasteiger partial charge in [0.25, 0.3) is 5.91 Å². The minimum Gasteiger partial charge on any atom is -0.352 e. The van der Waals surface area contributed by atoms with E-state index in [-0.39, 0.29) is 12.5 Å². The van der Waals surface area contributed by atoms with Crippen molar-refractivity contribution in [1.82, 2.24) is 9.88 Å². The molecule has 0 aliphatic rings. The lowest BCUT2D eigenvalue weighted by molar-refractivity contribution is -0.137. The molecule has 1 heterocycles. The summed E-state index contributed by atoms with van der Waals surface area (Å²) in [6.07, 6.45) is -2.85. The standard InChI is InChI=1S/C15H13F3N2OS/c1-20(14(21)11-4-7-13(22)19-8-11)9-10-2-5-12(6-3-10)15(16,17)18/h2-8H,9H2,1H3,(H,19,22). The van der Waals surface area contributed by atoms with Gasteiger partial charge in [0.15, 0.2) is 0 Å². The lowest BCUT2D eigenvalue weighted by atomic mass is 10.1. The summed E-state index contributed by atoms with van der Waals surface area (Å²) in [6.45, 7) is 0.215. The summed E-state index contributed by atoms with van der Waals surface area (Å²) in [6, 6.07) is 7.95. The van der Waals surface area contributed by atoms with Crippen LogP contribution in [0.3, 0.4) is 0 Å². The number of hydrogen-bond donors (Lipinski definition) is 1. The molecule has 1 aromatic heterocycles. The molecule has 0 aliphatic heterocycles. The molecule has 0 bridgehead atoms. The van der Waals surface area contributed by atoms with Crippen molar-refractivity contribution < 1.29 is 18.0 Å². The van der Waals surface area contributed by atoms with Crippen LogP contribution in [-0.4, -0.2) is 22.8 Å². The molecule has 0 aliphatic carbocycles. The van der Waals surface area contributed by atoms with E-state index in [0.29, 0.717) is 15.8 Å². The number of halogens is 3. The topological polar surface area (TPSA) is 36.1 Å². The van der Waals surface area contributed by atoms with Crippen molar-refractivity contribution in [1.29, 1.82) is 0 Å². The third kappa shape index (κ3) is 3.94. The first kappa shape index (κ1) is 16.2. The number of pyridine rings is 1. The van der Waals surface area contributed by atoms with Crippen LogP contribution in [0.4, 0.5) is 13.2 Å². The zero-order valence-corrected chi connectivity index (χ0v) is 12.5. The second kappa shape index (κ2) is 6.31. The Bertz CT molecular complexity index is 702. The van der Waals surface area contributed by atoms with Gasteiger partial charge >= 0.3 is 6.18 Å². The van der Waals surface area contributed by atoms with Crippen molar-refractivity contribution in [2.75, 3.05) is 7.05 Å². The highest BCUT2D eigenvalue weighted by Crippen LogP contribution is 2.29. The summed E-state index contributed by atoms with van der Waals surface area (Å²) in [4.78, 5) is 16.4. The summed E-state index contributed by atoms with van der Waals surface area (Å²) < 4.78 is 38.0. The molecule has 2 aromatic rings. The number of nitrogens with zero attached hydrogens (tertiary/aromatic N) is 1. The fourth-order valence-corrected chi connectivity index (χ4v) is 2.04. The maximum atomic E-state index is 12.5. The summed E-state index contributed by atoms with van der Waals surface area (Å²) in [5.41, 5.74) is 0.344. The first-order valence-corrected chi connectivity index (χ1v) is 6.78. The minimum absolute atomic E-state index is 0.215. The van der Waals surface area contributed by atoms with E-state index in [4.69, 9.17) is 12.2 Å². The number of carbonyl (C=O) groups excluding carboxylic acids is 1. The van der Waals surface area contributed by atoms with Crippen molar-refractivity contribution in [2.24, 2.45) is 0 Å². The van der Waals surface area contributed by atoms with Gasteiger partial charge in [0.05, 0.1) is 11.1 Å². The van der Waals surface area contributed by atoms with Gasteiger partial charge in [-0.05, 0) is 29.8 Å². The fraction of sp³-hybridized carbons (Fsp3) is 0.200. The molecule has 0 radical (unpaired) electrons. The largest absolute Gasteiger partial charge is 0.416 e. The second-order valence-corrected chi connectivity index (χ2v) is 5.24. The van der Waals surface area contributed by atoms with Crippen molar-refractivity contribution in [2.45, 2.75) is 12.7 Å². The molecule has 0 spiro atoms. The number of benzene rings is 1. The molecule has 1 amide bonds. The van der Waals surface area contributed by atoms with Gasteiger partial charge in [-0.15, -0.1) is 0 Å². The van der Waals surface area contributed by atoms with Crippen molar-refractivity contribution in [3.8, 4) is 0 Å². The van der Waals surface area contributed by atoms with Gasteiger partial charge in [-0.2, -0.15) is 13.2 Å². The third-order valence-corrected chi connectivity index (χ3v) is 3.33. The third-order valence-electron chi connectivity index (χ3n) is 3.08. The van der Waals surface area contributed by atoms with E-state index < -0.39 is 11.7 Å². The smallest absolute Gasteiger partial charge is 0.352 e. The van der Waals surface area contributed by atoms with Crippen LogP contribution in [0.15, 0.2) is 42.6 Å². The van der Waals surface area contributed by atoms with Gasteiger partial charge in [0.1, 0.15) is 4.64 Å². The quantitative estimate of drug-likeness (QED) is 0.864. The highest BCUT2D eigenvalue weighted by Gasteiger charge is 2.29. The molecular weight excluding hydrogens is 313 g/mol. The average molecular weight is 326 g/mol. The van der Waals surface area contributed by atoms with Crippen LogP contribution in [0.2, 0.25) is 0 Å². The first-order valence-electron chi connectivity index (χ1n) is 6.38. The number of alkyl halides is 3. The Morgan fingerprint density at radius 3 is 2.32 bits per heavy atom. The van der Waals surface area contributed by atoms with E-state index in [1.165, 1.54) is 23.2 Å². The predicted molar refractivity (Wildman–Crippen MR) is 78.9 cm³/mol. The van der Waals surface area contributed by atoms with Crippen LogP contribution < -0.4 is 0 Å². The van der Waals surface area contributed by atoms with Crippen molar-refractivity contribution in [3.05, 3.63) is 63.9 Å². The maximum Gasteiger partial charge on any atom is 0.416 e. The summed E-state index contributed by atoms with van der Waals surface area (Å²) in [5, 5.41) is 0. The number of carbonyl (C=O) groups is 1. The molecule has 0 unspecified atom stereocenters. The molecule has 3 nitrogen and oxygen atoms in total. The minimum atomic E-state index is -4.36. The van der Waals surface area contributed by atoms with Crippen molar-refractivity contribution >= 4 is 18.1 Å². The molecule has 1 N–H and O–H groups in total. The number of aromatic amines is 1. The zero-order valence-electron chi connectivity index (χ0n) is 11.6. The number of rotatable bonds is 3. The summed E-state index contributed by atoms with van der Waals surface area (Å²) >= 11 is 4.90. The molecule has 0 fully saturated rings. The molecule has 22 heavy (non-hydrogen) atoms. The number of hydrogen-bond acceptors (Lipinski definition) is 2. The van der Waals surface area contributed by atoms with Gasteiger partial charge in [0, 0.05) is 19.8 Å². The molecule has 0 saturated carbocycles. The van der Waals surface area contributed by atoms with Gasteiger partial charge in [-0.3, -0.25) is 4.79 Å². The van der Waals surface area contributed by atoms with Gasteiger partial charge in [-0.25, -0.2) is 0 Å². The van der Waals surface area contributed by atoms with E-state index in [1.54, 1.807) is 19.2 Å². The summed E-state index contributed by atoms with van der Waals surface area (Å²) in [7, 11) is 1.58. The van der Waals surface area contributed by atoms with Gasteiger partial charge in [-0.1, -0.05) is 24.4 Å². The Hall–Kier alpha value is -2.15. The Balaban J connectivity index is 2.08. The van der Waals surface area contributed by atoms with Gasteiger partial charge < -0.3 is 9.88 Å². The molecule has 2 rings (SSSR count). The first-order chi connectivity index (χ1) is 10.3. The molecule has 0 saturated heterocycles. The van der Waals surface area contributed by atoms with Crippen LogP contribution in [0.5, 0.6) is 0 Å². The van der Waals surface area contributed by atoms with Crippen LogP contribution in [0, 0.1) is 4.64 Å². The SMILES string of the molecule is CN(Cc1ccc(C(F)(F)F)cc1)C(=O)c1ccc(=S)[nH]c1.